The van der Waals surface area contributed by atoms with Crippen LogP contribution >= 0.6 is 0 Å². The fraction of sp³-hybridized carbons (Fsp3) is 0.0625. The molecule has 3 aromatic rings. The molecule has 4 nitrogen and oxygen atoms in total. The number of nitrogens with zero attached hydrogens (tertiary/aromatic N) is 3. The van der Waals surface area contributed by atoms with Crippen LogP contribution in [0.1, 0.15) is 0 Å². The first-order chi connectivity index (χ1) is 9.88. The van der Waals surface area contributed by atoms with E-state index in [9.17, 15) is 0 Å². The highest BCUT2D eigenvalue weighted by atomic mass is 16.5. The summed E-state index contributed by atoms with van der Waals surface area (Å²) in [5.74, 6) is 1.51. The van der Waals surface area contributed by atoms with E-state index in [2.05, 4.69) is 21.0 Å². The minimum Gasteiger partial charge on any atom is -0.497 e. The van der Waals surface area contributed by atoms with Gasteiger partial charge in [0.1, 0.15) is 18.4 Å². The number of hydrogen-bond donors (Lipinski definition) is 0. The van der Waals surface area contributed by atoms with Gasteiger partial charge < -0.3 is 4.74 Å². The topological polar surface area (TPSA) is 47.9 Å². The van der Waals surface area contributed by atoms with E-state index >= 15 is 0 Å². The number of methoxy groups -OCH3 is 1. The van der Waals surface area contributed by atoms with E-state index in [4.69, 9.17) is 4.74 Å². The van der Waals surface area contributed by atoms with Gasteiger partial charge in [0.25, 0.3) is 0 Å². The molecule has 3 rings (SSSR count). The Morgan fingerprint density at radius 3 is 2.10 bits per heavy atom. The van der Waals surface area contributed by atoms with E-state index in [1.54, 1.807) is 7.11 Å². The summed E-state index contributed by atoms with van der Waals surface area (Å²) in [5.41, 5.74) is 3.17. The van der Waals surface area contributed by atoms with Crippen LogP contribution < -0.4 is 4.74 Å². The van der Waals surface area contributed by atoms with Gasteiger partial charge in [-0.25, -0.2) is 15.0 Å². The minimum absolute atomic E-state index is 0.673. The summed E-state index contributed by atoms with van der Waals surface area (Å²) in [5, 5.41) is 0. The highest BCUT2D eigenvalue weighted by Crippen LogP contribution is 2.30. The van der Waals surface area contributed by atoms with Crippen LogP contribution in [0.2, 0.25) is 0 Å². The summed E-state index contributed by atoms with van der Waals surface area (Å²) in [4.78, 5) is 12.3. The Kier molecular flexibility index (Phi) is 3.37. The van der Waals surface area contributed by atoms with Crippen molar-refractivity contribution in [2.24, 2.45) is 0 Å². The molecular weight excluding hydrogens is 250 g/mol. The van der Waals surface area contributed by atoms with Crippen molar-refractivity contribution in [3.63, 3.8) is 0 Å². The number of aromatic nitrogens is 3. The first-order valence-corrected chi connectivity index (χ1v) is 6.24. The molecule has 0 fully saturated rings. The predicted molar refractivity (Wildman–Crippen MR) is 77.3 cm³/mol. The summed E-state index contributed by atoms with van der Waals surface area (Å²) in [6, 6.07) is 16.0. The Morgan fingerprint density at radius 2 is 1.45 bits per heavy atom. The molecule has 0 atom stereocenters. The lowest BCUT2D eigenvalue weighted by Gasteiger charge is -2.09. The van der Waals surface area contributed by atoms with Crippen molar-refractivity contribution in [1.29, 1.82) is 0 Å². The van der Waals surface area contributed by atoms with Crippen molar-refractivity contribution in [2.75, 3.05) is 7.11 Å². The maximum Gasteiger partial charge on any atom is 0.163 e. The Morgan fingerprint density at radius 1 is 0.800 bits per heavy atom. The fourth-order valence-electron chi connectivity index (χ4n) is 2.08. The molecule has 98 valence electrons. The minimum atomic E-state index is 0.673. The summed E-state index contributed by atoms with van der Waals surface area (Å²) >= 11 is 0. The molecular formula is C16H13N3O. The second-order valence-corrected chi connectivity index (χ2v) is 4.24. The van der Waals surface area contributed by atoms with Crippen LogP contribution in [0.5, 0.6) is 5.75 Å². The SMILES string of the molecule is COc1ccc(-c2ccccc2-c2ncncn2)cc1. The van der Waals surface area contributed by atoms with Crippen molar-refractivity contribution >= 4 is 0 Å². The largest absolute Gasteiger partial charge is 0.497 e. The zero-order valence-electron chi connectivity index (χ0n) is 11.0. The normalized spacial score (nSPS) is 10.2. The average molecular weight is 263 g/mol. The van der Waals surface area contributed by atoms with Crippen LogP contribution in [0.15, 0.2) is 61.2 Å². The molecule has 0 bridgehead atoms. The third-order valence-corrected chi connectivity index (χ3v) is 3.06. The molecule has 0 spiro atoms. The third kappa shape index (κ3) is 2.36. The zero-order valence-corrected chi connectivity index (χ0v) is 11.0. The summed E-state index contributed by atoms with van der Waals surface area (Å²) in [6.07, 6.45) is 3.01. The lowest BCUT2D eigenvalue weighted by Crippen LogP contribution is -1.92. The Hall–Kier alpha value is -2.75. The van der Waals surface area contributed by atoms with Crippen LogP contribution in [0, 0.1) is 0 Å². The smallest absolute Gasteiger partial charge is 0.163 e. The van der Waals surface area contributed by atoms with Crippen LogP contribution in [0.3, 0.4) is 0 Å². The average Bonchev–Trinajstić information content (AvgIpc) is 2.56. The maximum absolute atomic E-state index is 5.19. The van der Waals surface area contributed by atoms with Gasteiger partial charge in [-0.05, 0) is 23.3 Å². The van der Waals surface area contributed by atoms with Crippen LogP contribution in [0.4, 0.5) is 0 Å². The van der Waals surface area contributed by atoms with Gasteiger partial charge in [0.15, 0.2) is 5.82 Å². The van der Waals surface area contributed by atoms with E-state index in [0.717, 1.165) is 22.4 Å². The van der Waals surface area contributed by atoms with E-state index in [1.165, 1.54) is 12.7 Å². The van der Waals surface area contributed by atoms with E-state index in [1.807, 2.05) is 42.5 Å². The lowest BCUT2D eigenvalue weighted by molar-refractivity contribution is 0.415. The molecule has 1 heterocycles. The Bertz CT molecular complexity index is 696. The quantitative estimate of drug-likeness (QED) is 0.728. The van der Waals surface area contributed by atoms with Crippen molar-refractivity contribution in [3.8, 4) is 28.3 Å². The molecule has 0 unspecified atom stereocenters. The Balaban J connectivity index is 2.10. The first kappa shape index (κ1) is 12.3. The van der Waals surface area contributed by atoms with Crippen molar-refractivity contribution in [3.05, 3.63) is 61.2 Å². The molecule has 1 aromatic heterocycles. The third-order valence-electron chi connectivity index (χ3n) is 3.06. The van der Waals surface area contributed by atoms with Gasteiger partial charge >= 0.3 is 0 Å². The highest BCUT2D eigenvalue weighted by molar-refractivity contribution is 5.80. The summed E-state index contributed by atoms with van der Waals surface area (Å²) in [7, 11) is 1.66. The van der Waals surface area contributed by atoms with E-state index in [-0.39, 0.29) is 0 Å². The predicted octanol–water partition coefficient (Wildman–Crippen LogP) is 3.21. The molecule has 0 aliphatic carbocycles. The monoisotopic (exact) mass is 263 g/mol. The van der Waals surface area contributed by atoms with Crippen molar-refractivity contribution < 1.29 is 4.74 Å². The molecule has 0 radical (unpaired) electrons. The molecule has 2 aromatic carbocycles. The second kappa shape index (κ2) is 5.48. The molecule has 0 N–H and O–H groups in total. The van der Waals surface area contributed by atoms with Gasteiger partial charge in [-0.2, -0.15) is 0 Å². The first-order valence-electron chi connectivity index (χ1n) is 6.24. The second-order valence-electron chi connectivity index (χ2n) is 4.24. The van der Waals surface area contributed by atoms with Gasteiger partial charge in [-0.15, -0.1) is 0 Å². The van der Waals surface area contributed by atoms with Gasteiger partial charge in [0.2, 0.25) is 0 Å². The number of rotatable bonds is 3. The standard InChI is InChI=1S/C16H13N3O/c1-20-13-8-6-12(7-9-13)14-4-2-3-5-15(14)16-18-10-17-11-19-16/h2-11H,1H3. The van der Waals surface area contributed by atoms with Crippen LogP contribution in [-0.2, 0) is 0 Å². The van der Waals surface area contributed by atoms with E-state index in [0.29, 0.717) is 5.82 Å². The lowest BCUT2D eigenvalue weighted by atomic mass is 9.99. The molecule has 0 aliphatic heterocycles. The van der Waals surface area contributed by atoms with Crippen LogP contribution in [-0.4, -0.2) is 22.1 Å². The van der Waals surface area contributed by atoms with Gasteiger partial charge in [-0.3, -0.25) is 0 Å². The Labute approximate surface area is 117 Å². The summed E-state index contributed by atoms with van der Waals surface area (Å²) < 4.78 is 5.19. The maximum atomic E-state index is 5.19. The van der Waals surface area contributed by atoms with Gasteiger partial charge in [-0.1, -0.05) is 36.4 Å². The fourth-order valence-corrected chi connectivity index (χ4v) is 2.08. The summed E-state index contributed by atoms with van der Waals surface area (Å²) in [6.45, 7) is 0. The van der Waals surface area contributed by atoms with Gasteiger partial charge in [0, 0.05) is 5.56 Å². The van der Waals surface area contributed by atoms with Crippen LogP contribution in [0.25, 0.3) is 22.5 Å². The highest BCUT2D eigenvalue weighted by Gasteiger charge is 2.08. The van der Waals surface area contributed by atoms with Gasteiger partial charge in [0.05, 0.1) is 7.11 Å². The molecule has 4 heteroatoms. The molecule has 0 saturated carbocycles. The molecule has 0 aliphatic rings. The zero-order chi connectivity index (χ0) is 13.8. The van der Waals surface area contributed by atoms with Crippen molar-refractivity contribution in [1.82, 2.24) is 15.0 Å². The number of benzene rings is 2. The van der Waals surface area contributed by atoms with E-state index < -0.39 is 0 Å². The molecule has 20 heavy (non-hydrogen) atoms. The molecule has 0 amide bonds. The van der Waals surface area contributed by atoms with Crippen molar-refractivity contribution in [2.45, 2.75) is 0 Å². The number of hydrogen-bond acceptors (Lipinski definition) is 4. The molecule has 0 saturated heterocycles. The number of ether oxygens (including phenoxy) is 1.